The summed E-state index contributed by atoms with van der Waals surface area (Å²) in [5, 5.41) is 11.2. The van der Waals surface area contributed by atoms with E-state index in [4.69, 9.17) is 10.8 Å². The Morgan fingerprint density at radius 3 is 2.39 bits per heavy atom. The lowest BCUT2D eigenvalue weighted by Gasteiger charge is -2.12. The molecule has 0 aromatic carbocycles. The normalized spacial score (nSPS) is 12.9. The molecule has 1 atom stereocenters. The van der Waals surface area contributed by atoms with Gasteiger partial charge in [-0.1, -0.05) is 18.9 Å². The van der Waals surface area contributed by atoms with Crippen LogP contribution >= 0.6 is 0 Å². The van der Waals surface area contributed by atoms with Crippen molar-refractivity contribution in [2.75, 3.05) is 0 Å². The number of allylic oxidation sites excluding steroid dienone is 1. The van der Waals surface area contributed by atoms with Crippen molar-refractivity contribution in [3.8, 4) is 0 Å². The Balaban J connectivity index is 4.41. The van der Waals surface area contributed by atoms with E-state index >= 15 is 0 Å². The Morgan fingerprint density at radius 2 is 1.94 bits per heavy atom. The fourth-order valence-corrected chi connectivity index (χ4v) is 1.45. The number of carboxylic acids is 1. The number of hydrogen-bond donors (Lipinski definition) is 3. The molecule has 4 N–H and O–H groups in total. The van der Waals surface area contributed by atoms with Gasteiger partial charge in [0.25, 0.3) is 0 Å². The first-order valence-electron chi connectivity index (χ1n) is 5.85. The van der Waals surface area contributed by atoms with Gasteiger partial charge in [0.2, 0.25) is 11.8 Å². The van der Waals surface area contributed by atoms with Crippen LogP contribution < -0.4 is 11.1 Å². The zero-order valence-electron chi connectivity index (χ0n) is 10.7. The summed E-state index contributed by atoms with van der Waals surface area (Å²) < 4.78 is 0. The number of carbonyl (C=O) groups excluding carboxylic acids is 2. The maximum atomic E-state index is 11.5. The number of nitrogens with one attached hydrogen (secondary N) is 1. The van der Waals surface area contributed by atoms with Crippen LogP contribution in [0.3, 0.4) is 0 Å². The summed E-state index contributed by atoms with van der Waals surface area (Å²) in [5.41, 5.74) is 5.82. The minimum atomic E-state index is -1.17. The van der Waals surface area contributed by atoms with E-state index in [0.717, 1.165) is 18.4 Å². The molecule has 0 aromatic heterocycles. The molecule has 0 aliphatic carbocycles. The zero-order chi connectivity index (χ0) is 14.1. The standard InChI is InChI=1S/C12H20N2O4/c1-3-4-8(2)7-11(16)14-9(12(17)18)5-6-10(13)15/h7,9H,3-6H2,1-2H3,(H2,13,15)(H,14,16)(H,17,18)/b8-7-. The first kappa shape index (κ1) is 16.1. The van der Waals surface area contributed by atoms with Gasteiger partial charge < -0.3 is 16.2 Å². The Hall–Kier alpha value is -1.85. The van der Waals surface area contributed by atoms with Crippen LogP contribution in [0.15, 0.2) is 11.6 Å². The van der Waals surface area contributed by atoms with Crippen molar-refractivity contribution in [1.29, 1.82) is 0 Å². The van der Waals surface area contributed by atoms with Gasteiger partial charge in [-0.15, -0.1) is 0 Å². The summed E-state index contributed by atoms with van der Waals surface area (Å²) in [4.78, 5) is 33.0. The van der Waals surface area contributed by atoms with Crippen molar-refractivity contribution in [3.05, 3.63) is 11.6 Å². The van der Waals surface area contributed by atoms with Crippen molar-refractivity contribution in [1.82, 2.24) is 5.32 Å². The number of carbonyl (C=O) groups is 3. The molecule has 0 aliphatic heterocycles. The molecule has 6 nitrogen and oxygen atoms in total. The Labute approximate surface area is 106 Å². The minimum Gasteiger partial charge on any atom is -0.480 e. The number of amides is 2. The van der Waals surface area contributed by atoms with E-state index in [2.05, 4.69) is 5.32 Å². The van der Waals surface area contributed by atoms with Gasteiger partial charge in [-0.3, -0.25) is 9.59 Å². The molecule has 0 saturated heterocycles. The molecule has 0 fully saturated rings. The van der Waals surface area contributed by atoms with E-state index in [1.165, 1.54) is 6.08 Å². The molecule has 6 heteroatoms. The van der Waals surface area contributed by atoms with E-state index in [1.807, 2.05) is 13.8 Å². The quantitative estimate of drug-likeness (QED) is 0.551. The van der Waals surface area contributed by atoms with Gasteiger partial charge in [0, 0.05) is 12.5 Å². The van der Waals surface area contributed by atoms with Crippen molar-refractivity contribution in [2.45, 2.75) is 45.6 Å². The summed E-state index contributed by atoms with van der Waals surface area (Å²) >= 11 is 0. The molecule has 0 spiro atoms. The van der Waals surface area contributed by atoms with Gasteiger partial charge >= 0.3 is 5.97 Å². The predicted molar refractivity (Wildman–Crippen MR) is 66.7 cm³/mol. The fourth-order valence-electron chi connectivity index (χ4n) is 1.45. The van der Waals surface area contributed by atoms with Crippen LogP contribution in [0.4, 0.5) is 0 Å². The lowest BCUT2D eigenvalue weighted by atomic mass is 10.1. The van der Waals surface area contributed by atoms with Gasteiger partial charge in [0.15, 0.2) is 0 Å². The van der Waals surface area contributed by atoms with Gasteiger partial charge in [-0.2, -0.15) is 0 Å². The van der Waals surface area contributed by atoms with Crippen LogP contribution in [0.2, 0.25) is 0 Å². The molecule has 102 valence electrons. The highest BCUT2D eigenvalue weighted by Gasteiger charge is 2.19. The largest absolute Gasteiger partial charge is 0.480 e. The molecule has 0 bridgehead atoms. The molecular formula is C12H20N2O4. The van der Waals surface area contributed by atoms with Crippen LogP contribution in [0, 0.1) is 0 Å². The summed E-state index contributed by atoms with van der Waals surface area (Å²) in [7, 11) is 0. The van der Waals surface area contributed by atoms with Gasteiger partial charge in [0.05, 0.1) is 0 Å². The fraction of sp³-hybridized carbons (Fsp3) is 0.583. The molecule has 0 aromatic rings. The number of hydrogen-bond acceptors (Lipinski definition) is 3. The first-order chi connectivity index (χ1) is 8.36. The van der Waals surface area contributed by atoms with E-state index in [9.17, 15) is 14.4 Å². The Kier molecular flexibility index (Phi) is 7.42. The highest BCUT2D eigenvalue weighted by atomic mass is 16.4. The second-order valence-corrected chi connectivity index (χ2v) is 4.15. The molecule has 2 amide bonds. The molecule has 0 rings (SSSR count). The Bertz CT molecular complexity index is 350. The van der Waals surface area contributed by atoms with Crippen LogP contribution in [0.1, 0.15) is 39.5 Å². The van der Waals surface area contributed by atoms with Gasteiger partial charge in [0.1, 0.15) is 6.04 Å². The number of aliphatic carboxylic acids is 1. The lowest BCUT2D eigenvalue weighted by Crippen LogP contribution is -2.40. The number of carboxylic acid groups (broad SMARTS) is 1. The highest BCUT2D eigenvalue weighted by molar-refractivity contribution is 5.91. The summed E-state index contributed by atoms with van der Waals surface area (Å²) in [6, 6.07) is -1.09. The molecule has 0 heterocycles. The van der Waals surface area contributed by atoms with Gasteiger partial charge in [-0.05, 0) is 19.8 Å². The molecule has 0 radical (unpaired) electrons. The second kappa shape index (κ2) is 8.27. The summed E-state index contributed by atoms with van der Waals surface area (Å²) in [6.45, 7) is 3.80. The molecule has 1 unspecified atom stereocenters. The second-order valence-electron chi connectivity index (χ2n) is 4.15. The molecule has 0 aliphatic rings. The predicted octanol–water partition coefficient (Wildman–Crippen LogP) is 0.568. The van der Waals surface area contributed by atoms with Crippen molar-refractivity contribution in [3.63, 3.8) is 0 Å². The zero-order valence-corrected chi connectivity index (χ0v) is 10.7. The monoisotopic (exact) mass is 256 g/mol. The average Bonchev–Trinajstić information content (AvgIpc) is 2.23. The molecular weight excluding hydrogens is 236 g/mol. The third kappa shape index (κ3) is 7.43. The van der Waals surface area contributed by atoms with Crippen LogP contribution in [-0.2, 0) is 14.4 Å². The van der Waals surface area contributed by atoms with Crippen LogP contribution in [0.5, 0.6) is 0 Å². The summed E-state index contributed by atoms with van der Waals surface area (Å²) in [5.74, 6) is -2.22. The molecule has 18 heavy (non-hydrogen) atoms. The highest BCUT2D eigenvalue weighted by Crippen LogP contribution is 2.03. The molecule has 0 saturated carbocycles. The minimum absolute atomic E-state index is 0.00290. The van der Waals surface area contributed by atoms with Crippen molar-refractivity contribution < 1.29 is 19.5 Å². The van der Waals surface area contributed by atoms with Crippen LogP contribution in [0.25, 0.3) is 0 Å². The van der Waals surface area contributed by atoms with E-state index in [1.54, 1.807) is 0 Å². The first-order valence-corrected chi connectivity index (χ1v) is 5.85. The van der Waals surface area contributed by atoms with Crippen LogP contribution in [-0.4, -0.2) is 28.9 Å². The number of primary amides is 1. The topological polar surface area (TPSA) is 109 Å². The lowest BCUT2D eigenvalue weighted by molar-refractivity contribution is -0.141. The average molecular weight is 256 g/mol. The maximum absolute atomic E-state index is 11.5. The van der Waals surface area contributed by atoms with Gasteiger partial charge in [-0.25, -0.2) is 4.79 Å². The van der Waals surface area contributed by atoms with Crippen molar-refractivity contribution >= 4 is 17.8 Å². The number of nitrogens with two attached hydrogens (primary N) is 1. The van der Waals surface area contributed by atoms with E-state index in [0.29, 0.717) is 0 Å². The third-order valence-electron chi connectivity index (χ3n) is 2.32. The Morgan fingerprint density at radius 1 is 1.33 bits per heavy atom. The maximum Gasteiger partial charge on any atom is 0.326 e. The third-order valence-corrected chi connectivity index (χ3v) is 2.32. The van der Waals surface area contributed by atoms with E-state index in [-0.39, 0.29) is 12.8 Å². The van der Waals surface area contributed by atoms with E-state index < -0.39 is 23.8 Å². The smallest absolute Gasteiger partial charge is 0.326 e. The SMILES string of the molecule is CCC/C(C)=C\C(=O)NC(CCC(N)=O)C(=O)O. The van der Waals surface area contributed by atoms with Crippen molar-refractivity contribution in [2.24, 2.45) is 5.73 Å². The summed E-state index contributed by atoms with van der Waals surface area (Å²) in [6.07, 6.45) is 3.00. The number of rotatable bonds is 8.